The van der Waals surface area contributed by atoms with Crippen LogP contribution in [0.1, 0.15) is 30.7 Å². The number of amides is 1. The lowest BCUT2D eigenvalue weighted by atomic mass is 10.0. The zero-order valence-corrected chi connectivity index (χ0v) is 13.3. The van der Waals surface area contributed by atoms with Gasteiger partial charge in [-0.3, -0.25) is 9.48 Å². The highest BCUT2D eigenvalue weighted by Gasteiger charge is 2.24. The molecule has 0 radical (unpaired) electrons. The van der Waals surface area contributed by atoms with E-state index >= 15 is 0 Å². The van der Waals surface area contributed by atoms with Gasteiger partial charge in [0, 0.05) is 24.2 Å². The summed E-state index contributed by atoms with van der Waals surface area (Å²) in [6.45, 7) is 5.49. The third-order valence-electron chi connectivity index (χ3n) is 4.26. The molecule has 116 valence electrons. The molecule has 22 heavy (non-hydrogen) atoms. The molecule has 2 aromatic rings. The molecule has 1 aromatic carbocycles. The summed E-state index contributed by atoms with van der Waals surface area (Å²) in [5, 5.41) is 7.62. The molecule has 0 bridgehead atoms. The van der Waals surface area contributed by atoms with E-state index in [4.69, 9.17) is 0 Å². The molecule has 0 saturated heterocycles. The first kappa shape index (κ1) is 14.8. The largest absolute Gasteiger partial charge is 0.354 e. The Morgan fingerprint density at radius 2 is 2.00 bits per heavy atom. The molecule has 1 aliphatic rings. The molecule has 1 N–H and O–H groups in total. The minimum Gasteiger partial charge on any atom is -0.354 e. The lowest BCUT2D eigenvalue weighted by Crippen LogP contribution is -2.27. The third-order valence-corrected chi connectivity index (χ3v) is 4.26. The van der Waals surface area contributed by atoms with Crippen LogP contribution >= 0.6 is 0 Å². The van der Waals surface area contributed by atoms with Gasteiger partial charge in [0.05, 0.1) is 12.2 Å². The lowest BCUT2D eigenvalue weighted by molar-refractivity contribution is -0.121. The van der Waals surface area contributed by atoms with E-state index < -0.39 is 0 Å². The zero-order valence-electron chi connectivity index (χ0n) is 13.3. The van der Waals surface area contributed by atoms with E-state index in [1.54, 1.807) is 0 Å². The third kappa shape index (κ3) is 3.38. The van der Waals surface area contributed by atoms with Crippen LogP contribution in [-0.4, -0.2) is 22.2 Å². The van der Waals surface area contributed by atoms with E-state index in [1.165, 1.54) is 24.0 Å². The number of aromatic nitrogens is 2. The molecular formula is C18H23N3O. The quantitative estimate of drug-likeness (QED) is 0.890. The van der Waals surface area contributed by atoms with Crippen molar-refractivity contribution < 1.29 is 4.79 Å². The standard InChI is InChI=1S/C18H23N3O/c1-13-18(16-6-4-3-5-7-16)14(2)21(20-13)11-10-19-17(22)12-15-8-9-15/h3-7,15H,8-12H2,1-2H3,(H,19,22). The van der Waals surface area contributed by atoms with E-state index in [1.807, 2.05) is 29.8 Å². The predicted molar refractivity (Wildman–Crippen MR) is 87.5 cm³/mol. The summed E-state index contributed by atoms with van der Waals surface area (Å²) in [6, 6.07) is 10.3. The fourth-order valence-corrected chi connectivity index (χ4v) is 2.89. The molecule has 0 unspecified atom stereocenters. The van der Waals surface area contributed by atoms with Gasteiger partial charge in [0.1, 0.15) is 0 Å². The topological polar surface area (TPSA) is 46.9 Å². The summed E-state index contributed by atoms with van der Waals surface area (Å²) < 4.78 is 2.00. The number of carbonyl (C=O) groups excluding carboxylic acids is 1. The van der Waals surface area contributed by atoms with Crippen molar-refractivity contribution in [2.75, 3.05) is 6.54 Å². The van der Waals surface area contributed by atoms with Crippen LogP contribution in [0.3, 0.4) is 0 Å². The summed E-state index contributed by atoms with van der Waals surface area (Å²) in [4.78, 5) is 11.7. The second kappa shape index (κ2) is 6.34. The average Bonchev–Trinajstić information content (AvgIpc) is 3.26. The average molecular weight is 297 g/mol. The fraction of sp³-hybridized carbons (Fsp3) is 0.444. The van der Waals surface area contributed by atoms with Crippen LogP contribution in [0.2, 0.25) is 0 Å². The van der Waals surface area contributed by atoms with Crippen molar-refractivity contribution in [3.63, 3.8) is 0 Å². The highest BCUT2D eigenvalue weighted by molar-refractivity contribution is 5.76. The monoisotopic (exact) mass is 297 g/mol. The highest BCUT2D eigenvalue weighted by atomic mass is 16.1. The Labute approximate surface area is 131 Å². The van der Waals surface area contributed by atoms with Crippen LogP contribution in [-0.2, 0) is 11.3 Å². The van der Waals surface area contributed by atoms with E-state index in [2.05, 4.69) is 29.5 Å². The molecule has 1 amide bonds. The summed E-state index contributed by atoms with van der Waals surface area (Å²) in [6.07, 6.45) is 3.11. The lowest BCUT2D eigenvalue weighted by Gasteiger charge is -2.07. The highest BCUT2D eigenvalue weighted by Crippen LogP contribution is 2.32. The van der Waals surface area contributed by atoms with Gasteiger partial charge in [0.25, 0.3) is 0 Å². The number of rotatable bonds is 6. The SMILES string of the molecule is Cc1nn(CCNC(=O)CC2CC2)c(C)c1-c1ccccc1. The minimum absolute atomic E-state index is 0.173. The van der Waals surface area contributed by atoms with Gasteiger partial charge < -0.3 is 5.32 Å². The van der Waals surface area contributed by atoms with Crippen molar-refractivity contribution in [2.45, 2.75) is 39.7 Å². The molecule has 1 heterocycles. The number of hydrogen-bond donors (Lipinski definition) is 1. The van der Waals surface area contributed by atoms with Crippen molar-refractivity contribution in [2.24, 2.45) is 5.92 Å². The predicted octanol–water partition coefficient (Wildman–Crippen LogP) is 3.08. The number of hydrogen-bond acceptors (Lipinski definition) is 2. The molecule has 0 spiro atoms. The molecular weight excluding hydrogens is 274 g/mol. The molecule has 1 saturated carbocycles. The summed E-state index contributed by atoms with van der Waals surface area (Å²) >= 11 is 0. The first-order valence-corrected chi connectivity index (χ1v) is 8.01. The van der Waals surface area contributed by atoms with Crippen LogP contribution in [0.15, 0.2) is 30.3 Å². The number of benzene rings is 1. The molecule has 1 fully saturated rings. The van der Waals surface area contributed by atoms with Crippen molar-refractivity contribution in [1.82, 2.24) is 15.1 Å². The van der Waals surface area contributed by atoms with Crippen LogP contribution in [0, 0.1) is 19.8 Å². The Bertz CT molecular complexity index is 656. The maximum Gasteiger partial charge on any atom is 0.220 e. The van der Waals surface area contributed by atoms with E-state index in [0.29, 0.717) is 18.9 Å². The molecule has 1 aromatic heterocycles. The van der Waals surface area contributed by atoms with Gasteiger partial charge in [0.2, 0.25) is 5.91 Å². The number of nitrogens with one attached hydrogen (secondary N) is 1. The number of aryl methyl sites for hydroxylation is 1. The summed E-state index contributed by atoms with van der Waals surface area (Å²) in [5.74, 6) is 0.811. The van der Waals surface area contributed by atoms with Gasteiger partial charge in [-0.05, 0) is 38.2 Å². The van der Waals surface area contributed by atoms with Crippen molar-refractivity contribution in [3.05, 3.63) is 41.7 Å². The molecule has 0 atom stereocenters. The van der Waals surface area contributed by atoms with Gasteiger partial charge in [-0.1, -0.05) is 30.3 Å². The molecule has 0 aliphatic heterocycles. The van der Waals surface area contributed by atoms with Crippen LogP contribution in [0.4, 0.5) is 0 Å². The second-order valence-electron chi connectivity index (χ2n) is 6.13. The van der Waals surface area contributed by atoms with Crippen molar-refractivity contribution >= 4 is 5.91 Å². The maximum absolute atomic E-state index is 11.7. The summed E-state index contributed by atoms with van der Waals surface area (Å²) in [5.41, 5.74) is 4.58. The van der Waals surface area contributed by atoms with Gasteiger partial charge in [-0.15, -0.1) is 0 Å². The fourth-order valence-electron chi connectivity index (χ4n) is 2.89. The first-order chi connectivity index (χ1) is 10.6. The zero-order chi connectivity index (χ0) is 15.5. The van der Waals surface area contributed by atoms with E-state index in [9.17, 15) is 4.79 Å². The van der Waals surface area contributed by atoms with Gasteiger partial charge >= 0.3 is 0 Å². The Kier molecular flexibility index (Phi) is 4.27. The molecule has 3 rings (SSSR count). The Morgan fingerprint density at radius 1 is 1.27 bits per heavy atom. The van der Waals surface area contributed by atoms with Crippen molar-refractivity contribution in [3.8, 4) is 11.1 Å². The molecule has 4 nitrogen and oxygen atoms in total. The molecule has 1 aliphatic carbocycles. The molecule has 4 heteroatoms. The van der Waals surface area contributed by atoms with Gasteiger partial charge in [-0.2, -0.15) is 5.10 Å². The van der Waals surface area contributed by atoms with Gasteiger partial charge in [0.15, 0.2) is 0 Å². The van der Waals surface area contributed by atoms with Crippen LogP contribution < -0.4 is 5.32 Å². The maximum atomic E-state index is 11.7. The van der Waals surface area contributed by atoms with Gasteiger partial charge in [-0.25, -0.2) is 0 Å². The normalized spacial score (nSPS) is 14.1. The minimum atomic E-state index is 0.173. The Balaban J connectivity index is 1.63. The smallest absolute Gasteiger partial charge is 0.220 e. The van der Waals surface area contributed by atoms with E-state index in [0.717, 1.165) is 17.9 Å². The van der Waals surface area contributed by atoms with Crippen LogP contribution in [0.5, 0.6) is 0 Å². The Hall–Kier alpha value is -2.10. The van der Waals surface area contributed by atoms with Crippen LogP contribution in [0.25, 0.3) is 11.1 Å². The Morgan fingerprint density at radius 3 is 2.68 bits per heavy atom. The second-order valence-corrected chi connectivity index (χ2v) is 6.13. The summed E-state index contributed by atoms with van der Waals surface area (Å²) in [7, 11) is 0. The number of carbonyl (C=O) groups is 1. The van der Waals surface area contributed by atoms with Crippen molar-refractivity contribution in [1.29, 1.82) is 0 Å². The first-order valence-electron chi connectivity index (χ1n) is 8.01. The number of nitrogens with zero attached hydrogens (tertiary/aromatic N) is 2. The van der Waals surface area contributed by atoms with E-state index in [-0.39, 0.29) is 5.91 Å².